The number of hydrogen-bond donors (Lipinski definition) is 1. The fourth-order valence-electron chi connectivity index (χ4n) is 6.21. The number of nitrogens with one attached hydrogen (secondary N) is 1. The minimum atomic E-state index is -0.823. The van der Waals surface area contributed by atoms with Crippen LogP contribution in [-0.4, -0.2) is 58.6 Å². The second kappa shape index (κ2) is 17.2. The predicted molar refractivity (Wildman–Crippen MR) is 206 cm³/mol. The van der Waals surface area contributed by atoms with Gasteiger partial charge in [-0.05, 0) is 33.7 Å². The molecule has 54 heavy (non-hydrogen) atoms. The SMILES string of the molecule is O=C(Cc1cccs1)NC1C(=O)N2C(C(=O)OC(c3ccccc3)c3ccccc3)=C(C=NOCC(=O)OC(c3ccccc3)c3ccccc3)CS[C@H]12. The Bertz CT molecular complexity index is 2050. The lowest BCUT2D eigenvalue weighted by molar-refractivity contribution is -0.154. The van der Waals surface area contributed by atoms with Gasteiger partial charge in [-0.3, -0.25) is 14.5 Å². The van der Waals surface area contributed by atoms with E-state index in [1.54, 1.807) is 0 Å². The summed E-state index contributed by atoms with van der Waals surface area (Å²) in [6.07, 6.45) is 0.0369. The van der Waals surface area contributed by atoms with Crippen molar-refractivity contribution in [3.8, 4) is 0 Å². The molecule has 5 aromatic rings. The summed E-state index contributed by atoms with van der Waals surface area (Å²) in [4.78, 5) is 61.4. The molecule has 2 amide bonds. The van der Waals surface area contributed by atoms with E-state index in [-0.39, 0.29) is 23.8 Å². The van der Waals surface area contributed by atoms with Gasteiger partial charge in [-0.15, -0.1) is 23.1 Å². The first-order chi connectivity index (χ1) is 26.5. The van der Waals surface area contributed by atoms with E-state index in [0.29, 0.717) is 5.57 Å². The molecule has 2 atom stereocenters. The summed E-state index contributed by atoms with van der Waals surface area (Å²) in [5, 5.41) is 8.21. The summed E-state index contributed by atoms with van der Waals surface area (Å²) in [6.45, 7) is -0.499. The van der Waals surface area contributed by atoms with Crippen LogP contribution in [0.1, 0.15) is 39.3 Å². The van der Waals surface area contributed by atoms with Gasteiger partial charge in [-0.2, -0.15) is 0 Å². The van der Waals surface area contributed by atoms with Crippen LogP contribution < -0.4 is 5.32 Å². The molecule has 2 aliphatic heterocycles. The van der Waals surface area contributed by atoms with Crippen LogP contribution in [0.4, 0.5) is 0 Å². The number of carbonyl (C=O) groups is 4. The van der Waals surface area contributed by atoms with Crippen LogP contribution >= 0.6 is 23.1 Å². The fraction of sp³-hybridized carbons (Fsp3) is 0.167. The Morgan fingerprint density at radius 2 is 1.30 bits per heavy atom. The minimum absolute atomic E-state index is 0.00693. The number of rotatable bonds is 14. The van der Waals surface area contributed by atoms with E-state index < -0.39 is 48.1 Å². The van der Waals surface area contributed by atoms with Crippen molar-refractivity contribution in [1.82, 2.24) is 10.2 Å². The lowest BCUT2D eigenvalue weighted by Gasteiger charge is -2.49. The van der Waals surface area contributed by atoms with E-state index in [2.05, 4.69) is 10.5 Å². The van der Waals surface area contributed by atoms with Gasteiger partial charge in [-0.25, -0.2) is 9.59 Å². The van der Waals surface area contributed by atoms with E-state index in [9.17, 15) is 19.2 Å². The third-order valence-corrected chi connectivity index (χ3v) is 11.0. The Morgan fingerprint density at radius 1 is 0.759 bits per heavy atom. The van der Waals surface area contributed by atoms with Crippen molar-refractivity contribution in [3.05, 3.63) is 177 Å². The molecule has 272 valence electrons. The molecule has 0 radical (unpaired) electrons. The van der Waals surface area contributed by atoms with Crippen molar-refractivity contribution in [2.45, 2.75) is 30.0 Å². The Morgan fingerprint density at radius 3 is 1.81 bits per heavy atom. The van der Waals surface area contributed by atoms with Gasteiger partial charge in [0.1, 0.15) is 17.1 Å². The number of nitrogens with zero attached hydrogens (tertiary/aromatic N) is 2. The highest BCUT2D eigenvalue weighted by molar-refractivity contribution is 8.00. The molecule has 1 unspecified atom stereocenters. The predicted octanol–water partition coefficient (Wildman–Crippen LogP) is 6.61. The number of amides is 2. The largest absolute Gasteiger partial charge is 0.450 e. The van der Waals surface area contributed by atoms with Crippen LogP contribution in [0.25, 0.3) is 0 Å². The van der Waals surface area contributed by atoms with Gasteiger partial charge in [0.25, 0.3) is 5.91 Å². The Labute approximate surface area is 320 Å². The molecule has 1 fully saturated rings. The van der Waals surface area contributed by atoms with Gasteiger partial charge in [0.15, 0.2) is 12.2 Å². The maximum atomic E-state index is 14.2. The molecule has 1 aromatic heterocycles. The first-order valence-corrected chi connectivity index (χ1v) is 19.1. The van der Waals surface area contributed by atoms with Crippen molar-refractivity contribution in [1.29, 1.82) is 0 Å². The lowest BCUT2D eigenvalue weighted by Crippen LogP contribution is -2.70. The molecule has 2 aliphatic rings. The third kappa shape index (κ3) is 8.46. The fourth-order valence-corrected chi connectivity index (χ4v) is 8.22. The first-order valence-electron chi connectivity index (χ1n) is 17.2. The van der Waals surface area contributed by atoms with E-state index in [1.807, 2.05) is 139 Å². The van der Waals surface area contributed by atoms with Crippen LogP contribution in [-0.2, 0) is 39.9 Å². The lowest BCUT2D eigenvalue weighted by atomic mass is 10.0. The zero-order valence-electron chi connectivity index (χ0n) is 28.9. The number of ether oxygens (including phenoxy) is 2. The number of esters is 2. The number of benzene rings is 4. The highest BCUT2D eigenvalue weighted by Gasteiger charge is 2.54. The highest BCUT2D eigenvalue weighted by atomic mass is 32.2. The van der Waals surface area contributed by atoms with E-state index >= 15 is 0 Å². The Kier molecular flexibility index (Phi) is 11.6. The van der Waals surface area contributed by atoms with Crippen molar-refractivity contribution in [2.75, 3.05) is 12.4 Å². The molecule has 12 heteroatoms. The van der Waals surface area contributed by atoms with Crippen molar-refractivity contribution in [2.24, 2.45) is 5.16 Å². The maximum absolute atomic E-state index is 14.2. The second-order valence-electron chi connectivity index (χ2n) is 12.4. The molecule has 0 bridgehead atoms. The van der Waals surface area contributed by atoms with Crippen LogP contribution in [0, 0.1) is 0 Å². The maximum Gasteiger partial charge on any atom is 0.356 e. The first kappa shape index (κ1) is 36.4. The van der Waals surface area contributed by atoms with Crippen molar-refractivity contribution in [3.63, 3.8) is 0 Å². The highest BCUT2D eigenvalue weighted by Crippen LogP contribution is 2.41. The van der Waals surface area contributed by atoms with Gasteiger partial charge in [-0.1, -0.05) is 133 Å². The molecule has 0 aliphatic carbocycles. The summed E-state index contributed by atoms with van der Waals surface area (Å²) >= 11 is 2.83. The molecule has 0 spiro atoms. The molecule has 1 N–H and O–H groups in total. The smallest absolute Gasteiger partial charge is 0.356 e. The molecule has 0 saturated carbocycles. The van der Waals surface area contributed by atoms with Gasteiger partial charge in [0.2, 0.25) is 12.5 Å². The molecule has 1 saturated heterocycles. The van der Waals surface area contributed by atoms with Gasteiger partial charge in [0, 0.05) is 16.2 Å². The van der Waals surface area contributed by atoms with Gasteiger partial charge < -0.3 is 19.6 Å². The molecular weight excluding hydrogens is 723 g/mol. The Hall–Kier alpha value is -5.98. The molecular formula is C42H35N3O7S2. The summed E-state index contributed by atoms with van der Waals surface area (Å²) in [7, 11) is 0. The zero-order chi connectivity index (χ0) is 37.3. The number of thioether (sulfide) groups is 1. The van der Waals surface area contributed by atoms with Crippen LogP contribution in [0.2, 0.25) is 0 Å². The van der Waals surface area contributed by atoms with Gasteiger partial charge >= 0.3 is 11.9 Å². The average Bonchev–Trinajstić information content (AvgIpc) is 3.73. The minimum Gasteiger partial charge on any atom is -0.450 e. The normalized spacial score (nSPS) is 16.6. The van der Waals surface area contributed by atoms with Gasteiger partial charge in [0.05, 0.1) is 12.6 Å². The second-order valence-corrected chi connectivity index (χ2v) is 14.5. The topological polar surface area (TPSA) is 124 Å². The molecule has 10 nitrogen and oxygen atoms in total. The number of hydrogen-bond acceptors (Lipinski definition) is 10. The van der Waals surface area contributed by atoms with Crippen LogP contribution in [0.15, 0.2) is 155 Å². The number of oxime groups is 1. The number of β-lactam (4-membered cyclic amide) rings is 1. The van der Waals surface area contributed by atoms with Crippen molar-refractivity contribution >= 4 is 53.1 Å². The summed E-state index contributed by atoms with van der Waals surface area (Å²) < 4.78 is 12.0. The number of carbonyl (C=O) groups excluding carboxylic acids is 4. The summed E-state index contributed by atoms with van der Waals surface area (Å²) in [5.74, 6) is -1.88. The number of thiophene rings is 1. The van der Waals surface area contributed by atoms with Crippen molar-refractivity contribution < 1.29 is 33.5 Å². The zero-order valence-corrected chi connectivity index (χ0v) is 30.5. The summed E-state index contributed by atoms with van der Waals surface area (Å²) in [5.41, 5.74) is 3.44. The summed E-state index contributed by atoms with van der Waals surface area (Å²) in [6, 6.07) is 40.3. The monoisotopic (exact) mass is 757 g/mol. The van der Waals surface area contributed by atoms with E-state index in [0.717, 1.165) is 27.1 Å². The standard InChI is InChI=1S/C42H35N3O7S2/c46-34(24-33-22-13-23-53-33)44-36-40(48)45-37(42(49)52-39(30-18-9-3-10-19-30)31-20-11-4-12-21-31)32(27-54-41(36)45)25-43-50-26-35(47)51-38(28-14-5-1-6-15-28)29-16-7-2-8-17-29/h1-23,25,36,38-39,41H,24,26-27H2,(H,44,46)/t36?,41-/m1/s1. The van der Waals surface area contributed by atoms with Crippen LogP contribution in [0.3, 0.4) is 0 Å². The van der Waals surface area contributed by atoms with E-state index in [1.165, 1.54) is 34.2 Å². The quantitative estimate of drug-likeness (QED) is 0.0581. The molecule has 4 aromatic carbocycles. The number of fused-ring (bicyclic) bond motifs is 1. The Balaban J connectivity index is 1.10. The van der Waals surface area contributed by atoms with Crippen LogP contribution in [0.5, 0.6) is 0 Å². The molecule has 3 heterocycles. The third-order valence-electron chi connectivity index (χ3n) is 8.77. The molecule has 7 rings (SSSR count). The average molecular weight is 758 g/mol. The van der Waals surface area contributed by atoms with E-state index in [4.69, 9.17) is 14.3 Å².